The Hall–Kier alpha value is -1.64. The molecule has 1 heterocycles. The van der Waals surface area contributed by atoms with Gasteiger partial charge in [-0.3, -0.25) is 4.79 Å². The zero-order valence-electron chi connectivity index (χ0n) is 10.8. The number of nitrogens with one attached hydrogen (secondary N) is 1. The first-order valence-corrected chi connectivity index (χ1v) is 7.93. The molecule has 1 aromatic rings. The van der Waals surface area contributed by atoms with Gasteiger partial charge in [-0.05, 0) is 30.2 Å². The summed E-state index contributed by atoms with van der Waals surface area (Å²) in [4.78, 5) is 23.3. The molecule has 114 valence electrons. The minimum atomic E-state index is -3.77. The van der Waals surface area contributed by atoms with Gasteiger partial charge in [-0.15, -0.1) is 0 Å². The van der Waals surface area contributed by atoms with Gasteiger partial charge in [-0.1, -0.05) is 18.2 Å². The van der Waals surface area contributed by atoms with E-state index >= 15 is 0 Å². The third kappa shape index (κ3) is 3.52. The highest BCUT2D eigenvalue weighted by Gasteiger charge is 2.40. The summed E-state index contributed by atoms with van der Waals surface area (Å²) >= 11 is 5.32. The van der Waals surface area contributed by atoms with Crippen molar-refractivity contribution in [2.45, 2.75) is 23.4 Å². The Bertz CT molecular complexity index is 627. The molecular formula is C12H13ClN2O5S. The van der Waals surface area contributed by atoms with Crippen molar-refractivity contribution in [1.29, 1.82) is 0 Å². The smallest absolute Gasteiger partial charge is 0.326 e. The lowest BCUT2D eigenvalue weighted by Gasteiger charge is -2.17. The van der Waals surface area contributed by atoms with Gasteiger partial charge in [-0.25, -0.2) is 17.9 Å². The largest absolute Gasteiger partial charge is 0.480 e. The molecule has 0 saturated carbocycles. The minimum Gasteiger partial charge on any atom is -0.480 e. The van der Waals surface area contributed by atoms with Crippen LogP contribution in [0.5, 0.6) is 0 Å². The molecule has 0 aromatic heterocycles. The van der Waals surface area contributed by atoms with E-state index in [1.165, 1.54) is 12.1 Å². The maximum Gasteiger partial charge on any atom is 0.326 e. The Balaban J connectivity index is 2.14. The molecule has 0 radical (unpaired) electrons. The molecule has 0 aliphatic carbocycles. The summed E-state index contributed by atoms with van der Waals surface area (Å²) in [5, 5.41) is 8.12. The summed E-state index contributed by atoms with van der Waals surface area (Å²) < 4.78 is 26.7. The van der Waals surface area contributed by atoms with E-state index < -0.39 is 33.4 Å². The Kier molecular flexibility index (Phi) is 4.50. The first-order valence-electron chi connectivity index (χ1n) is 6.07. The second-order valence-corrected chi connectivity index (χ2v) is 6.66. The van der Waals surface area contributed by atoms with E-state index in [4.69, 9.17) is 16.7 Å². The molecule has 1 fully saturated rings. The van der Waals surface area contributed by atoms with Crippen LogP contribution in [0.25, 0.3) is 0 Å². The SMILES string of the molecule is O=C(O)[C@H]1C[C@H](NS(=O)(=O)c2ccccc2)CN1C(=O)Cl. The lowest BCUT2D eigenvalue weighted by molar-refractivity contribution is -0.141. The van der Waals surface area contributed by atoms with Crippen LogP contribution in [0.15, 0.2) is 35.2 Å². The van der Waals surface area contributed by atoms with Gasteiger partial charge in [-0.2, -0.15) is 0 Å². The summed E-state index contributed by atoms with van der Waals surface area (Å²) in [5.74, 6) is -1.22. The van der Waals surface area contributed by atoms with Crippen LogP contribution >= 0.6 is 11.6 Å². The number of nitrogens with zero attached hydrogens (tertiary/aromatic N) is 1. The minimum absolute atomic E-state index is 0.0279. The van der Waals surface area contributed by atoms with E-state index in [1.54, 1.807) is 18.2 Å². The average Bonchev–Trinajstić information content (AvgIpc) is 2.83. The second-order valence-electron chi connectivity index (χ2n) is 4.63. The molecule has 1 aliphatic rings. The maximum absolute atomic E-state index is 12.1. The Morgan fingerprint density at radius 3 is 2.38 bits per heavy atom. The quantitative estimate of drug-likeness (QED) is 0.628. The van der Waals surface area contributed by atoms with Crippen LogP contribution in [-0.4, -0.2) is 48.4 Å². The van der Waals surface area contributed by atoms with E-state index in [1.807, 2.05) is 0 Å². The summed E-state index contributed by atoms with van der Waals surface area (Å²) in [7, 11) is -3.77. The molecule has 1 aliphatic heterocycles. The van der Waals surface area contributed by atoms with Crippen LogP contribution in [-0.2, 0) is 14.8 Å². The maximum atomic E-state index is 12.1. The van der Waals surface area contributed by atoms with Crippen LogP contribution in [0.3, 0.4) is 0 Å². The summed E-state index contributed by atoms with van der Waals surface area (Å²) in [5.41, 5.74) is 0. The highest BCUT2D eigenvalue weighted by molar-refractivity contribution is 7.89. The first-order chi connectivity index (χ1) is 9.81. The summed E-state index contributed by atoms with van der Waals surface area (Å²) in [6.45, 7) is -0.0780. The number of carbonyl (C=O) groups excluding carboxylic acids is 1. The number of hydrogen-bond donors (Lipinski definition) is 2. The standard InChI is InChI=1S/C12H13ClN2O5S/c13-12(18)15-7-8(6-10(15)11(16)17)14-21(19,20)9-4-2-1-3-5-9/h1-5,8,10,14H,6-7H2,(H,16,17)/t8-,10+/m0/s1. The van der Waals surface area contributed by atoms with Gasteiger partial charge in [0.2, 0.25) is 10.0 Å². The van der Waals surface area contributed by atoms with Gasteiger partial charge in [0, 0.05) is 12.6 Å². The molecule has 2 rings (SSSR count). The van der Waals surface area contributed by atoms with Gasteiger partial charge >= 0.3 is 11.3 Å². The Morgan fingerprint density at radius 2 is 1.90 bits per heavy atom. The van der Waals surface area contributed by atoms with Crippen molar-refractivity contribution in [3.63, 3.8) is 0 Å². The average molecular weight is 333 g/mol. The second kappa shape index (κ2) is 6.00. The number of halogens is 1. The molecular weight excluding hydrogens is 320 g/mol. The van der Waals surface area contributed by atoms with Crippen LogP contribution in [0.4, 0.5) is 4.79 Å². The predicted octanol–water partition coefficient (Wildman–Crippen LogP) is 0.851. The fourth-order valence-electron chi connectivity index (χ4n) is 2.24. The number of hydrogen-bond acceptors (Lipinski definition) is 4. The fraction of sp³-hybridized carbons (Fsp3) is 0.333. The molecule has 21 heavy (non-hydrogen) atoms. The molecule has 0 spiro atoms. The highest BCUT2D eigenvalue weighted by Crippen LogP contribution is 2.21. The van der Waals surface area contributed by atoms with Crippen molar-refractivity contribution >= 4 is 33.0 Å². The van der Waals surface area contributed by atoms with Crippen molar-refractivity contribution in [3.8, 4) is 0 Å². The van der Waals surface area contributed by atoms with Gasteiger partial charge in [0.25, 0.3) is 0 Å². The van der Waals surface area contributed by atoms with Crippen molar-refractivity contribution in [3.05, 3.63) is 30.3 Å². The number of aliphatic carboxylic acids is 1. The van der Waals surface area contributed by atoms with Gasteiger partial charge < -0.3 is 10.0 Å². The van der Waals surface area contributed by atoms with E-state index in [0.717, 1.165) is 4.90 Å². The van der Waals surface area contributed by atoms with Crippen molar-refractivity contribution in [2.75, 3.05) is 6.54 Å². The molecule has 1 saturated heterocycles. The number of amides is 1. The molecule has 2 N–H and O–H groups in total. The van der Waals surface area contributed by atoms with Crippen molar-refractivity contribution < 1.29 is 23.1 Å². The van der Waals surface area contributed by atoms with Crippen LogP contribution in [0.2, 0.25) is 0 Å². The molecule has 1 aromatic carbocycles. The summed E-state index contributed by atoms with van der Waals surface area (Å²) in [6.07, 6.45) is -0.0279. The third-order valence-corrected chi connectivity index (χ3v) is 4.94. The van der Waals surface area contributed by atoms with Crippen LogP contribution in [0, 0.1) is 0 Å². The monoisotopic (exact) mass is 332 g/mol. The van der Waals surface area contributed by atoms with Crippen LogP contribution in [0.1, 0.15) is 6.42 Å². The van der Waals surface area contributed by atoms with E-state index in [0.29, 0.717) is 0 Å². The van der Waals surface area contributed by atoms with Crippen molar-refractivity contribution in [1.82, 2.24) is 9.62 Å². The van der Waals surface area contributed by atoms with E-state index in [-0.39, 0.29) is 17.9 Å². The van der Waals surface area contributed by atoms with Gasteiger partial charge in [0.1, 0.15) is 6.04 Å². The van der Waals surface area contributed by atoms with E-state index in [9.17, 15) is 18.0 Å². The van der Waals surface area contributed by atoms with Crippen molar-refractivity contribution in [2.24, 2.45) is 0 Å². The molecule has 2 atom stereocenters. The zero-order chi connectivity index (χ0) is 15.6. The number of sulfonamides is 1. The Morgan fingerprint density at radius 1 is 1.29 bits per heavy atom. The third-order valence-electron chi connectivity index (χ3n) is 3.19. The number of carbonyl (C=O) groups is 2. The first kappa shape index (κ1) is 15.7. The highest BCUT2D eigenvalue weighted by atomic mass is 35.5. The molecule has 7 nitrogen and oxygen atoms in total. The summed E-state index contributed by atoms with van der Waals surface area (Å²) in [6, 6.07) is 5.88. The molecule has 1 amide bonds. The lowest BCUT2D eigenvalue weighted by atomic mass is 10.2. The fourth-order valence-corrected chi connectivity index (χ4v) is 3.68. The van der Waals surface area contributed by atoms with Gasteiger partial charge in [0.05, 0.1) is 4.90 Å². The zero-order valence-corrected chi connectivity index (χ0v) is 12.3. The van der Waals surface area contributed by atoms with Crippen LogP contribution < -0.4 is 4.72 Å². The predicted molar refractivity (Wildman–Crippen MR) is 74.5 cm³/mol. The van der Waals surface area contributed by atoms with E-state index in [2.05, 4.69) is 4.72 Å². The number of likely N-dealkylation sites (tertiary alicyclic amines) is 1. The van der Waals surface area contributed by atoms with Gasteiger partial charge in [0.15, 0.2) is 0 Å². The molecule has 9 heteroatoms. The number of carboxylic acid groups (broad SMARTS) is 1. The number of rotatable bonds is 4. The topological polar surface area (TPSA) is 104 Å². The lowest BCUT2D eigenvalue weighted by Crippen LogP contribution is -2.39. The molecule has 0 unspecified atom stereocenters. The number of carboxylic acids is 1. The molecule has 0 bridgehead atoms. The Labute approximate surface area is 126 Å². The number of benzene rings is 1. The normalized spacial score (nSPS) is 22.2.